The Kier molecular flexibility index (Phi) is 15.4. The first-order chi connectivity index (χ1) is 5.72. The zero-order chi connectivity index (χ0) is 9.82. The van der Waals surface area contributed by atoms with Crippen molar-refractivity contribution in [3.8, 4) is 0 Å². The van der Waals surface area contributed by atoms with Crippen molar-refractivity contribution in [1.82, 2.24) is 0 Å². The molecular formula is C9H17ClO2. The Morgan fingerprint density at radius 3 is 2.25 bits per heavy atom. The zero-order valence-electron chi connectivity index (χ0n) is 7.81. The van der Waals surface area contributed by atoms with Crippen molar-refractivity contribution in [3.05, 3.63) is 12.7 Å². The molecule has 0 atom stereocenters. The summed E-state index contributed by atoms with van der Waals surface area (Å²) in [5, 5.41) is 0. The summed E-state index contributed by atoms with van der Waals surface area (Å²) in [6, 6.07) is 0. The van der Waals surface area contributed by atoms with Crippen molar-refractivity contribution in [3.63, 3.8) is 0 Å². The molecule has 0 unspecified atom stereocenters. The van der Waals surface area contributed by atoms with E-state index in [1.807, 2.05) is 0 Å². The molecule has 0 N–H and O–H groups in total. The predicted octanol–water partition coefficient (Wildman–Crippen LogP) is 2.76. The molecule has 2 nitrogen and oxygen atoms in total. The highest BCUT2D eigenvalue weighted by molar-refractivity contribution is 6.17. The Bertz CT molecular complexity index is 109. The highest BCUT2D eigenvalue weighted by atomic mass is 35.5. The molecule has 12 heavy (non-hydrogen) atoms. The fraction of sp³-hybridized carbons (Fsp3) is 0.667. The summed E-state index contributed by atoms with van der Waals surface area (Å²) in [7, 11) is 1.31. The number of carbonyl (C=O) groups is 1. The maximum Gasteiger partial charge on any atom is 0.329 e. The SMILES string of the molecule is C=CC(=O)OC.CCCCCCl. The Balaban J connectivity index is 0. The first-order valence-electron chi connectivity index (χ1n) is 3.99. The van der Waals surface area contributed by atoms with Gasteiger partial charge in [0.05, 0.1) is 7.11 Å². The number of unbranched alkanes of at least 4 members (excludes halogenated alkanes) is 2. The zero-order valence-corrected chi connectivity index (χ0v) is 8.56. The molecule has 72 valence electrons. The summed E-state index contributed by atoms with van der Waals surface area (Å²) in [6.45, 7) is 5.33. The standard InChI is InChI=1S/C5H11Cl.C4H6O2/c1-2-3-4-5-6;1-3-4(5)6-2/h2-5H2,1H3;3H,1H2,2H3. The van der Waals surface area contributed by atoms with Gasteiger partial charge in [-0.15, -0.1) is 11.6 Å². The van der Waals surface area contributed by atoms with Crippen LogP contribution >= 0.6 is 11.6 Å². The van der Waals surface area contributed by atoms with Gasteiger partial charge in [-0.2, -0.15) is 0 Å². The van der Waals surface area contributed by atoms with E-state index in [1.54, 1.807) is 0 Å². The fourth-order valence-electron chi connectivity index (χ4n) is 0.428. The summed E-state index contributed by atoms with van der Waals surface area (Å²) < 4.78 is 4.14. The monoisotopic (exact) mass is 192 g/mol. The lowest BCUT2D eigenvalue weighted by Gasteiger charge is -1.84. The molecule has 0 saturated carbocycles. The number of alkyl halides is 1. The second kappa shape index (κ2) is 13.1. The minimum absolute atomic E-state index is 0.394. The van der Waals surface area contributed by atoms with Gasteiger partial charge in [0.25, 0.3) is 0 Å². The van der Waals surface area contributed by atoms with Crippen LogP contribution in [-0.4, -0.2) is 19.0 Å². The Morgan fingerprint density at radius 2 is 2.17 bits per heavy atom. The van der Waals surface area contributed by atoms with Gasteiger partial charge in [0, 0.05) is 12.0 Å². The molecule has 0 bridgehead atoms. The lowest BCUT2D eigenvalue weighted by molar-refractivity contribution is -0.134. The van der Waals surface area contributed by atoms with Gasteiger partial charge in [-0.05, 0) is 6.42 Å². The minimum atomic E-state index is -0.394. The van der Waals surface area contributed by atoms with Crippen LogP contribution in [-0.2, 0) is 9.53 Å². The van der Waals surface area contributed by atoms with E-state index in [4.69, 9.17) is 11.6 Å². The maximum absolute atomic E-state index is 9.84. The van der Waals surface area contributed by atoms with Gasteiger partial charge < -0.3 is 4.74 Å². The summed E-state index contributed by atoms with van der Waals surface area (Å²) in [5.74, 6) is 0.434. The van der Waals surface area contributed by atoms with E-state index in [1.165, 1.54) is 26.4 Å². The van der Waals surface area contributed by atoms with Crippen LogP contribution in [0.1, 0.15) is 26.2 Å². The molecule has 0 rings (SSSR count). The van der Waals surface area contributed by atoms with E-state index in [2.05, 4.69) is 18.2 Å². The normalized spacial score (nSPS) is 7.92. The van der Waals surface area contributed by atoms with Crippen LogP contribution in [0.2, 0.25) is 0 Å². The average Bonchev–Trinajstić information content (AvgIpc) is 2.14. The van der Waals surface area contributed by atoms with Gasteiger partial charge in [-0.1, -0.05) is 26.3 Å². The van der Waals surface area contributed by atoms with E-state index < -0.39 is 5.97 Å². The number of methoxy groups -OCH3 is 1. The van der Waals surface area contributed by atoms with Crippen molar-refractivity contribution in [1.29, 1.82) is 0 Å². The summed E-state index contributed by atoms with van der Waals surface area (Å²) >= 11 is 5.38. The number of carbonyl (C=O) groups excluding carboxylic acids is 1. The van der Waals surface area contributed by atoms with Gasteiger partial charge in [0.15, 0.2) is 0 Å². The fourth-order valence-corrected chi connectivity index (χ4v) is 0.617. The molecule has 0 amide bonds. The summed E-state index contributed by atoms with van der Waals surface area (Å²) in [4.78, 5) is 9.84. The molecule has 0 radical (unpaired) electrons. The smallest absolute Gasteiger partial charge is 0.329 e. The van der Waals surface area contributed by atoms with Crippen LogP contribution in [0.3, 0.4) is 0 Å². The largest absolute Gasteiger partial charge is 0.466 e. The highest BCUT2D eigenvalue weighted by Crippen LogP contribution is 1.93. The molecule has 0 heterocycles. The van der Waals surface area contributed by atoms with Crippen molar-refractivity contribution < 1.29 is 9.53 Å². The van der Waals surface area contributed by atoms with Crippen molar-refractivity contribution in [2.45, 2.75) is 26.2 Å². The van der Waals surface area contributed by atoms with Gasteiger partial charge in [-0.3, -0.25) is 0 Å². The van der Waals surface area contributed by atoms with E-state index in [0.717, 1.165) is 12.0 Å². The Hall–Kier alpha value is -0.500. The lowest BCUT2D eigenvalue weighted by Crippen LogP contribution is -1.91. The molecule has 3 heteroatoms. The summed E-state index contributed by atoms with van der Waals surface area (Å²) in [5.41, 5.74) is 0. The molecule has 0 fully saturated rings. The molecule has 0 aromatic rings. The maximum atomic E-state index is 9.84. The van der Waals surface area contributed by atoms with Gasteiger partial charge in [0.2, 0.25) is 0 Å². The molecule has 0 aliphatic rings. The number of rotatable bonds is 4. The van der Waals surface area contributed by atoms with Crippen LogP contribution in [0.25, 0.3) is 0 Å². The predicted molar refractivity (Wildman–Crippen MR) is 52.5 cm³/mol. The molecule has 0 aromatic carbocycles. The molecule has 0 aromatic heterocycles. The molecule has 0 spiro atoms. The van der Waals surface area contributed by atoms with Gasteiger partial charge in [0.1, 0.15) is 0 Å². The van der Waals surface area contributed by atoms with Crippen LogP contribution in [0.15, 0.2) is 12.7 Å². The second-order valence-corrected chi connectivity index (χ2v) is 2.50. The van der Waals surface area contributed by atoms with Crippen molar-refractivity contribution in [2.24, 2.45) is 0 Å². The van der Waals surface area contributed by atoms with Gasteiger partial charge in [-0.25, -0.2) is 4.79 Å². The van der Waals surface area contributed by atoms with Crippen LogP contribution in [0, 0.1) is 0 Å². The van der Waals surface area contributed by atoms with E-state index in [0.29, 0.717) is 0 Å². The third-order valence-corrected chi connectivity index (χ3v) is 1.37. The first-order valence-corrected chi connectivity index (χ1v) is 4.52. The number of halogens is 1. The van der Waals surface area contributed by atoms with E-state index in [9.17, 15) is 4.79 Å². The number of hydrogen-bond acceptors (Lipinski definition) is 2. The van der Waals surface area contributed by atoms with Crippen LogP contribution in [0.4, 0.5) is 0 Å². The Morgan fingerprint density at radius 1 is 1.58 bits per heavy atom. The van der Waals surface area contributed by atoms with Crippen molar-refractivity contribution >= 4 is 17.6 Å². The van der Waals surface area contributed by atoms with Crippen LogP contribution in [0.5, 0.6) is 0 Å². The van der Waals surface area contributed by atoms with Crippen molar-refractivity contribution in [2.75, 3.05) is 13.0 Å². The number of hydrogen-bond donors (Lipinski definition) is 0. The second-order valence-electron chi connectivity index (χ2n) is 2.12. The highest BCUT2D eigenvalue weighted by Gasteiger charge is 1.81. The van der Waals surface area contributed by atoms with E-state index in [-0.39, 0.29) is 0 Å². The molecule has 0 saturated heterocycles. The van der Waals surface area contributed by atoms with Crippen LogP contribution < -0.4 is 0 Å². The number of ether oxygens (including phenoxy) is 1. The minimum Gasteiger partial charge on any atom is -0.466 e. The first kappa shape index (κ1) is 14.0. The number of esters is 1. The van der Waals surface area contributed by atoms with Gasteiger partial charge >= 0.3 is 5.97 Å². The third-order valence-electron chi connectivity index (χ3n) is 1.11. The average molecular weight is 193 g/mol. The topological polar surface area (TPSA) is 26.3 Å². The third kappa shape index (κ3) is 16.2. The lowest BCUT2D eigenvalue weighted by atomic mass is 10.3. The molecule has 0 aliphatic carbocycles. The van der Waals surface area contributed by atoms with E-state index >= 15 is 0 Å². The molecule has 0 aliphatic heterocycles. The summed E-state index contributed by atoms with van der Waals surface area (Å²) in [6.07, 6.45) is 4.84. The molecular weight excluding hydrogens is 176 g/mol. The Labute approximate surface area is 79.6 Å². The quantitative estimate of drug-likeness (QED) is 0.296.